The molecule has 2 fully saturated rings. The number of esters is 2. The van der Waals surface area contributed by atoms with Gasteiger partial charge in [0.1, 0.15) is 11.6 Å². The van der Waals surface area contributed by atoms with E-state index < -0.39 is 11.9 Å². The van der Waals surface area contributed by atoms with Crippen LogP contribution in [0, 0.1) is 23.7 Å². The van der Waals surface area contributed by atoms with E-state index in [1.807, 2.05) is 38.2 Å². The number of ketones is 2. The smallest absolute Gasteiger partial charge is 0.313 e. The van der Waals surface area contributed by atoms with Crippen LogP contribution in [0.3, 0.4) is 0 Å². The minimum absolute atomic E-state index is 0.0516. The fourth-order valence-electron chi connectivity index (χ4n) is 4.55. The summed E-state index contributed by atoms with van der Waals surface area (Å²) in [6, 6.07) is 0. The molecule has 0 bridgehead atoms. The molecule has 0 aliphatic heterocycles. The predicted molar refractivity (Wildman–Crippen MR) is 111 cm³/mol. The lowest BCUT2D eigenvalue weighted by Crippen LogP contribution is -2.23. The van der Waals surface area contributed by atoms with Crippen molar-refractivity contribution in [2.45, 2.75) is 78.1 Å². The van der Waals surface area contributed by atoms with Crippen molar-refractivity contribution in [2.24, 2.45) is 23.7 Å². The lowest BCUT2D eigenvalue weighted by Gasteiger charge is -2.17. The number of carbonyl (C=O) groups is 4. The molecule has 0 aromatic heterocycles. The summed E-state index contributed by atoms with van der Waals surface area (Å²) in [5.74, 6) is -1.11. The van der Waals surface area contributed by atoms with Gasteiger partial charge in [0.15, 0.2) is 0 Å². The lowest BCUT2D eigenvalue weighted by atomic mass is 9.89. The van der Waals surface area contributed by atoms with Gasteiger partial charge in [-0.05, 0) is 50.4 Å². The third kappa shape index (κ3) is 7.06. The van der Waals surface area contributed by atoms with Crippen molar-refractivity contribution in [1.82, 2.24) is 0 Å². The van der Waals surface area contributed by atoms with Crippen LogP contribution >= 0.6 is 0 Å². The number of allylic oxidation sites excluding steroid dienone is 4. The summed E-state index contributed by atoms with van der Waals surface area (Å²) in [7, 11) is 0. The lowest BCUT2D eigenvalue weighted by molar-refractivity contribution is -0.161. The van der Waals surface area contributed by atoms with Crippen LogP contribution in [-0.2, 0) is 23.9 Å². The van der Waals surface area contributed by atoms with E-state index in [-0.39, 0.29) is 48.1 Å². The highest BCUT2D eigenvalue weighted by molar-refractivity contribution is 5.89. The fourth-order valence-corrected chi connectivity index (χ4v) is 4.55. The third-order valence-corrected chi connectivity index (χ3v) is 6.16. The van der Waals surface area contributed by atoms with Gasteiger partial charge in [-0.1, -0.05) is 38.2 Å². The molecular formula is C24H34O5. The molecule has 2 aliphatic carbocycles. The molecule has 0 aromatic rings. The number of Topliss-reactive ketones (excluding diaryl/α,β-unsaturated/α-hetero) is 2. The van der Waals surface area contributed by atoms with Gasteiger partial charge in [0, 0.05) is 37.5 Å². The average molecular weight is 403 g/mol. The maximum atomic E-state index is 12.3. The average Bonchev–Trinajstić information content (AvgIpc) is 3.19. The van der Waals surface area contributed by atoms with Crippen molar-refractivity contribution in [2.75, 3.05) is 0 Å². The summed E-state index contributed by atoms with van der Waals surface area (Å²) < 4.78 is 5.06. The normalized spacial score (nSPS) is 27.4. The highest BCUT2D eigenvalue weighted by atomic mass is 16.6. The van der Waals surface area contributed by atoms with Gasteiger partial charge in [-0.2, -0.15) is 0 Å². The van der Waals surface area contributed by atoms with Gasteiger partial charge in [0.25, 0.3) is 0 Å². The minimum atomic E-state index is -0.550. The molecule has 0 radical (unpaired) electrons. The Kier molecular flexibility index (Phi) is 9.49. The van der Waals surface area contributed by atoms with Crippen LogP contribution in [0.15, 0.2) is 24.3 Å². The van der Waals surface area contributed by atoms with E-state index in [0.29, 0.717) is 38.5 Å². The molecular weight excluding hydrogens is 368 g/mol. The van der Waals surface area contributed by atoms with Gasteiger partial charge >= 0.3 is 11.9 Å². The second kappa shape index (κ2) is 11.8. The second-order valence-electron chi connectivity index (χ2n) is 8.23. The van der Waals surface area contributed by atoms with Crippen LogP contribution in [0.5, 0.6) is 0 Å². The van der Waals surface area contributed by atoms with E-state index in [1.165, 1.54) is 0 Å². The van der Waals surface area contributed by atoms with Gasteiger partial charge in [-0.15, -0.1) is 0 Å². The van der Waals surface area contributed by atoms with Crippen LogP contribution < -0.4 is 0 Å². The molecule has 0 N–H and O–H groups in total. The molecule has 0 aromatic carbocycles. The quantitative estimate of drug-likeness (QED) is 0.300. The third-order valence-electron chi connectivity index (χ3n) is 6.16. The van der Waals surface area contributed by atoms with Gasteiger partial charge in [-0.25, -0.2) is 0 Å². The zero-order chi connectivity index (χ0) is 21.2. The molecule has 0 amide bonds. The van der Waals surface area contributed by atoms with E-state index in [4.69, 9.17) is 4.74 Å². The van der Waals surface area contributed by atoms with Crippen molar-refractivity contribution >= 4 is 23.5 Å². The van der Waals surface area contributed by atoms with Gasteiger partial charge in [-0.3, -0.25) is 19.2 Å². The summed E-state index contributed by atoms with van der Waals surface area (Å²) in [6.45, 7) is 4.08. The summed E-state index contributed by atoms with van der Waals surface area (Å²) in [4.78, 5) is 48.7. The molecule has 0 spiro atoms. The second-order valence-corrected chi connectivity index (χ2v) is 8.23. The van der Waals surface area contributed by atoms with Crippen LogP contribution in [0.1, 0.15) is 78.1 Å². The summed E-state index contributed by atoms with van der Waals surface area (Å²) in [6.07, 6.45) is 13.7. The first-order valence-corrected chi connectivity index (χ1v) is 11.0. The SMILES string of the molecule is CC/C=C\CC1C(=O)CCC1CC(=O)OC(=O)CC1CCC(=O)C1C/C=C\CC. The first kappa shape index (κ1) is 23.2. The molecule has 2 saturated carbocycles. The zero-order valence-corrected chi connectivity index (χ0v) is 17.7. The van der Waals surface area contributed by atoms with Crippen molar-refractivity contribution in [3.63, 3.8) is 0 Å². The maximum Gasteiger partial charge on any atom is 0.313 e. The molecule has 5 nitrogen and oxygen atoms in total. The Bertz CT molecular complexity index is 604. The predicted octanol–water partition coefficient (Wildman–Crippen LogP) is 4.74. The minimum Gasteiger partial charge on any atom is -0.393 e. The Hall–Kier alpha value is -2.04. The summed E-state index contributed by atoms with van der Waals surface area (Å²) >= 11 is 0. The highest BCUT2D eigenvalue weighted by Crippen LogP contribution is 2.36. The Morgan fingerprint density at radius 1 is 0.793 bits per heavy atom. The van der Waals surface area contributed by atoms with Crippen molar-refractivity contribution in [1.29, 1.82) is 0 Å². The molecule has 29 heavy (non-hydrogen) atoms. The fraction of sp³-hybridized carbons (Fsp3) is 0.667. The largest absolute Gasteiger partial charge is 0.393 e. The van der Waals surface area contributed by atoms with E-state index in [0.717, 1.165) is 12.8 Å². The number of hydrogen-bond donors (Lipinski definition) is 0. The standard InChI is InChI=1S/C24H34O5/c1-3-5-7-9-19-17(11-13-21(19)25)15-23(27)29-24(28)16-18-12-14-22(26)20(18)10-8-6-4-2/h5-8,17-20H,3-4,9-16H2,1-2H3/b7-5-,8-6-. The summed E-state index contributed by atoms with van der Waals surface area (Å²) in [5, 5.41) is 0. The van der Waals surface area contributed by atoms with Crippen LogP contribution in [0.25, 0.3) is 0 Å². The van der Waals surface area contributed by atoms with E-state index in [1.54, 1.807) is 0 Å². The summed E-state index contributed by atoms with van der Waals surface area (Å²) in [5.41, 5.74) is 0. The Labute approximate surface area is 174 Å². The Morgan fingerprint density at radius 3 is 1.59 bits per heavy atom. The number of rotatable bonds is 10. The van der Waals surface area contributed by atoms with E-state index in [2.05, 4.69) is 0 Å². The highest BCUT2D eigenvalue weighted by Gasteiger charge is 2.37. The van der Waals surface area contributed by atoms with E-state index >= 15 is 0 Å². The molecule has 2 rings (SSSR count). The Morgan fingerprint density at radius 2 is 1.21 bits per heavy atom. The zero-order valence-electron chi connectivity index (χ0n) is 17.7. The molecule has 0 saturated heterocycles. The molecule has 4 unspecified atom stereocenters. The van der Waals surface area contributed by atoms with Crippen LogP contribution in [-0.4, -0.2) is 23.5 Å². The monoisotopic (exact) mass is 402 g/mol. The van der Waals surface area contributed by atoms with Gasteiger partial charge < -0.3 is 4.74 Å². The topological polar surface area (TPSA) is 77.5 Å². The molecule has 160 valence electrons. The first-order valence-electron chi connectivity index (χ1n) is 11.0. The van der Waals surface area contributed by atoms with Crippen LogP contribution in [0.4, 0.5) is 0 Å². The van der Waals surface area contributed by atoms with Crippen molar-refractivity contribution < 1.29 is 23.9 Å². The Balaban J connectivity index is 1.83. The number of ether oxygens (including phenoxy) is 1. The van der Waals surface area contributed by atoms with Crippen molar-refractivity contribution in [3.8, 4) is 0 Å². The molecule has 2 aliphatic rings. The van der Waals surface area contributed by atoms with E-state index in [9.17, 15) is 19.2 Å². The van der Waals surface area contributed by atoms with Crippen LogP contribution in [0.2, 0.25) is 0 Å². The molecule has 0 heterocycles. The van der Waals surface area contributed by atoms with Gasteiger partial charge in [0.05, 0.1) is 0 Å². The van der Waals surface area contributed by atoms with Crippen molar-refractivity contribution in [3.05, 3.63) is 24.3 Å². The first-order chi connectivity index (χ1) is 14.0. The number of carbonyl (C=O) groups excluding carboxylic acids is 4. The number of hydrogen-bond acceptors (Lipinski definition) is 5. The molecule has 5 heteroatoms. The maximum absolute atomic E-state index is 12.3. The molecule has 4 atom stereocenters. The van der Waals surface area contributed by atoms with Gasteiger partial charge in [0.2, 0.25) is 0 Å².